The van der Waals surface area contributed by atoms with Crippen LogP contribution in [0.15, 0.2) is 18.2 Å². The lowest BCUT2D eigenvalue weighted by atomic mass is 10.1. The van der Waals surface area contributed by atoms with Crippen molar-refractivity contribution in [1.29, 1.82) is 0 Å². The predicted octanol–water partition coefficient (Wildman–Crippen LogP) is 2.56. The van der Waals surface area contributed by atoms with E-state index >= 15 is 0 Å². The van der Waals surface area contributed by atoms with E-state index in [-0.39, 0.29) is 5.82 Å². The molecule has 0 amide bonds. The van der Waals surface area contributed by atoms with Crippen LogP contribution >= 0.6 is 15.9 Å². The number of halogens is 2. The minimum absolute atomic E-state index is 0.301. The van der Waals surface area contributed by atoms with E-state index in [1.165, 1.54) is 12.1 Å². The fourth-order valence-corrected chi connectivity index (χ4v) is 1.42. The van der Waals surface area contributed by atoms with Gasteiger partial charge in [0.2, 0.25) is 0 Å². The van der Waals surface area contributed by atoms with Gasteiger partial charge < -0.3 is 5.11 Å². The lowest BCUT2D eigenvalue weighted by molar-refractivity contribution is 0.205. The zero-order chi connectivity index (χ0) is 9.14. The van der Waals surface area contributed by atoms with E-state index in [9.17, 15) is 9.50 Å². The van der Waals surface area contributed by atoms with Crippen molar-refractivity contribution in [2.24, 2.45) is 0 Å². The van der Waals surface area contributed by atoms with Crippen LogP contribution in [0.2, 0.25) is 0 Å². The van der Waals surface area contributed by atoms with Gasteiger partial charge in [0.05, 0.1) is 6.10 Å². The molecular weight excluding hydrogens is 223 g/mol. The Bertz CT molecular complexity index is 255. The van der Waals surface area contributed by atoms with Crippen LogP contribution < -0.4 is 0 Å². The number of hydrogen-bond acceptors (Lipinski definition) is 1. The van der Waals surface area contributed by atoms with Crippen molar-refractivity contribution >= 4 is 15.9 Å². The number of alkyl halides is 1. The molecule has 1 N–H and O–H groups in total. The summed E-state index contributed by atoms with van der Waals surface area (Å²) < 4.78 is 12.8. The zero-order valence-electron chi connectivity index (χ0n) is 6.72. The average molecular weight is 233 g/mol. The highest BCUT2D eigenvalue weighted by molar-refractivity contribution is 9.09. The summed E-state index contributed by atoms with van der Waals surface area (Å²) in [5.41, 5.74) is 1.44. The minimum Gasteiger partial charge on any atom is -0.388 e. The van der Waals surface area contributed by atoms with Gasteiger partial charge in [0.1, 0.15) is 5.82 Å². The van der Waals surface area contributed by atoms with Crippen LogP contribution in [0.3, 0.4) is 0 Å². The molecule has 0 aliphatic rings. The van der Waals surface area contributed by atoms with E-state index in [0.717, 1.165) is 5.56 Å². The third-order valence-corrected chi connectivity index (χ3v) is 2.21. The van der Waals surface area contributed by atoms with Crippen molar-refractivity contribution in [2.75, 3.05) is 5.33 Å². The molecule has 12 heavy (non-hydrogen) atoms. The zero-order valence-corrected chi connectivity index (χ0v) is 8.31. The Labute approximate surface area is 79.4 Å². The molecule has 0 bridgehead atoms. The Balaban J connectivity index is 3.00. The van der Waals surface area contributed by atoms with Gasteiger partial charge in [0.25, 0.3) is 0 Å². The SMILES string of the molecule is Cc1cc(F)cc(C(O)CBr)c1. The topological polar surface area (TPSA) is 20.2 Å². The third kappa shape index (κ3) is 2.29. The molecule has 1 nitrogen and oxygen atoms in total. The van der Waals surface area contributed by atoms with Crippen LogP contribution in [-0.4, -0.2) is 10.4 Å². The van der Waals surface area contributed by atoms with Crippen molar-refractivity contribution in [3.63, 3.8) is 0 Å². The molecule has 1 aromatic rings. The number of aliphatic hydroxyl groups is 1. The summed E-state index contributed by atoms with van der Waals surface area (Å²) in [5, 5.41) is 9.79. The highest BCUT2D eigenvalue weighted by Crippen LogP contribution is 2.17. The summed E-state index contributed by atoms with van der Waals surface area (Å²) in [6.45, 7) is 1.80. The number of hydrogen-bond donors (Lipinski definition) is 1. The smallest absolute Gasteiger partial charge is 0.123 e. The molecule has 1 rings (SSSR count). The number of rotatable bonds is 2. The van der Waals surface area contributed by atoms with E-state index in [1.807, 2.05) is 0 Å². The molecule has 0 saturated heterocycles. The Hall–Kier alpha value is -0.410. The number of aliphatic hydroxyl groups excluding tert-OH is 1. The van der Waals surface area contributed by atoms with Crippen LogP contribution in [0.25, 0.3) is 0 Å². The first-order valence-electron chi connectivity index (χ1n) is 3.64. The van der Waals surface area contributed by atoms with Gasteiger partial charge in [-0.05, 0) is 30.2 Å². The van der Waals surface area contributed by atoms with Crippen molar-refractivity contribution in [3.05, 3.63) is 35.1 Å². The lowest BCUT2D eigenvalue weighted by Gasteiger charge is -2.07. The molecule has 0 aliphatic carbocycles. The van der Waals surface area contributed by atoms with Crippen LogP contribution in [-0.2, 0) is 0 Å². The second kappa shape index (κ2) is 4.01. The highest BCUT2D eigenvalue weighted by atomic mass is 79.9. The quantitative estimate of drug-likeness (QED) is 0.778. The first-order valence-corrected chi connectivity index (χ1v) is 4.76. The maximum Gasteiger partial charge on any atom is 0.123 e. The normalized spacial score (nSPS) is 13.0. The number of benzene rings is 1. The maximum absolute atomic E-state index is 12.8. The van der Waals surface area contributed by atoms with Crippen molar-refractivity contribution in [3.8, 4) is 0 Å². The molecule has 0 aliphatic heterocycles. The van der Waals surface area contributed by atoms with Crippen molar-refractivity contribution < 1.29 is 9.50 Å². The second-order valence-electron chi connectivity index (χ2n) is 2.73. The molecule has 0 aromatic heterocycles. The molecule has 1 unspecified atom stereocenters. The molecule has 0 radical (unpaired) electrons. The van der Waals surface area contributed by atoms with Gasteiger partial charge in [-0.1, -0.05) is 22.0 Å². The van der Waals surface area contributed by atoms with Crippen molar-refractivity contribution in [2.45, 2.75) is 13.0 Å². The molecule has 0 spiro atoms. The molecule has 0 saturated carbocycles. The van der Waals surface area contributed by atoms with Gasteiger partial charge in [-0.25, -0.2) is 4.39 Å². The molecule has 0 heterocycles. The fourth-order valence-electron chi connectivity index (χ4n) is 1.05. The maximum atomic E-state index is 12.8. The monoisotopic (exact) mass is 232 g/mol. The minimum atomic E-state index is -0.626. The van der Waals surface area contributed by atoms with Gasteiger partial charge in [-0.2, -0.15) is 0 Å². The molecule has 0 fully saturated rings. The van der Waals surface area contributed by atoms with E-state index in [2.05, 4.69) is 15.9 Å². The van der Waals surface area contributed by atoms with Gasteiger partial charge >= 0.3 is 0 Å². The number of aryl methyl sites for hydroxylation is 1. The summed E-state index contributed by atoms with van der Waals surface area (Å²) >= 11 is 3.13. The summed E-state index contributed by atoms with van der Waals surface area (Å²) in [4.78, 5) is 0. The lowest BCUT2D eigenvalue weighted by Crippen LogP contribution is -1.99. The predicted molar refractivity (Wildman–Crippen MR) is 49.9 cm³/mol. The summed E-state index contributed by atoms with van der Waals surface area (Å²) in [5.74, 6) is -0.301. The largest absolute Gasteiger partial charge is 0.388 e. The Morgan fingerprint density at radius 1 is 1.50 bits per heavy atom. The molecular formula is C9H10BrFO. The van der Waals surface area contributed by atoms with E-state index < -0.39 is 6.10 Å². The first-order chi connectivity index (χ1) is 5.63. The van der Waals surface area contributed by atoms with Crippen molar-refractivity contribution in [1.82, 2.24) is 0 Å². The van der Waals surface area contributed by atoms with Crippen LogP contribution in [0.1, 0.15) is 17.2 Å². The summed E-state index contributed by atoms with van der Waals surface area (Å²) in [6.07, 6.45) is -0.626. The highest BCUT2D eigenvalue weighted by Gasteiger charge is 2.06. The third-order valence-electron chi connectivity index (χ3n) is 1.60. The Kier molecular flexibility index (Phi) is 3.23. The van der Waals surface area contributed by atoms with E-state index in [0.29, 0.717) is 10.9 Å². The summed E-state index contributed by atoms with van der Waals surface area (Å²) in [7, 11) is 0. The summed E-state index contributed by atoms with van der Waals surface area (Å²) in [6, 6.07) is 4.55. The van der Waals surface area contributed by atoms with Crippen LogP contribution in [0.4, 0.5) is 4.39 Å². The van der Waals surface area contributed by atoms with Gasteiger partial charge in [0, 0.05) is 5.33 Å². The molecule has 66 valence electrons. The van der Waals surface area contributed by atoms with Gasteiger partial charge in [-0.3, -0.25) is 0 Å². The second-order valence-corrected chi connectivity index (χ2v) is 3.38. The van der Waals surface area contributed by atoms with Gasteiger partial charge in [-0.15, -0.1) is 0 Å². The van der Waals surface area contributed by atoms with Crippen LogP contribution in [0, 0.1) is 12.7 Å². The van der Waals surface area contributed by atoms with E-state index in [1.54, 1.807) is 13.0 Å². The standard InChI is InChI=1S/C9H10BrFO/c1-6-2-7(9(12)5-10)4-8(11)3-6/h2-4,9,12H,5H2,1H3. The molecule has 3 heteroatoms. The first kappa shape index (κ1) is 9.68. The average Bonchev–Trinajstić information content (AvgIpc) is 2.01. The Morgan fingerprint density at radius 3 is 2.67 bits per heavy atom. The fraction of sp³-hybridized carbons (Fsp3) is 0.333. The molecule has 1 aromatic carbocycles. The van der Waals surface area contributed by atoms with E-state index in [4.69, 9.17) is 0 Å². The van der Waals surface area contributed by atoms with Crippen LogP contribution in [0.5, 0.6) is 0 Å². The van der Waals surface area contributed by atoms with Gasteiger partial charge in [0.15, 0.2) is 0 Å². The Morgan fingerprint density at radius 2 is 2.17 bits per heavy atom. The molecule has 1 atom stereocenters.